The quantitative estimate of drug-likeness (QED) is 0.863. The molecule has 1 aromatic heterocycles. The molecule has 5 heteroatoms. The fraction of sp³-hybridized carbons (Fsp3) is 0.412. The molecule has 1 aliphatic heterocycles. The summed E-state index contributed by atoms with van der Waals surface area (Å²) >= 11 is 5.89. The van der Waals surface area contributed by atoms with Crippen molar-refractivity contribution in [3.8, 4) is 0 Å². The predicted octanol–water partition coefficient (Wildman–Crippen LogP) is 3.85. The van der Waals surface area contributed by atoms with Gasteiger partial charge >= 0.3 is 0 Å². The lowest BCUT2D eigenvalue weighted by Crippen LogP contribution is -2.32. The van der Waals surface area contributed by atoms with Crippen LogP contribution in [0.25, 0.3) is 0 Å². The number of aryl methyl sites for hydroxylation is 2. The topological polar surface area (TPSA) is 46.3 Å². The van der Waals surface area contributed by atoms with Gasteiger partial charge in [0.15, 0.2) is 0 Å². The van der Waals surface area contributed by atoms with Gasteiger partial charge in [0.2, 0.25) is 5.91 Å². The highest BCUT2D eigenvalue weighted by atomic mass is 35.5. The monoisotopic (exact) mass is 318 g/mol. The Labute approximate surface area is 135 Å². The van der Waals surface area contributed by atoms with Gasteiger partial charge in [-0.25, -0.2) is 0 Å². The van der Waals surface area contributed by atoms with Crippen LogP contribution in [-0.2, 0) is 11.2 Å². The van der Waals surface area contributed by atoms with Gasteiger partial charge < -0.3 is 9.42 Å². The average Bonchev–Trinajstić information content (AvgIpc) is 3.08. The highest BCUT2D eigenvalue weighted by Gasteiger charge is 2.33. The molecule has 1 saturated heterocycles. The van der Waals surface area contributed by atoms with Crippen LogP contribution in [0.15, 0.2) is 28.8 Å². The number of halogens is 1. The minimum Gasteiger partial charge on any atom is -0.361 e. The molecule has 4 nitrogen and oxygen atoms in total. The highest BCUT2D eigenvalue weighted by Crippen LogP contribution is 2.35. The van der Waals surface area contributed by atoms with E-state index in [1.54, 1.807) is 0 Å². The zero-order valence-corrected chi connectivity index (χ0v) is 13.6. The normalized spacial score (nSPS) is 18.0. The summed E-state index contributed by atoms with van der Waals surface area (Å²) < 4.78 is 5.26. The lowest BCUT2D eigenvalue weighted by Gasteiger charge is -2.25. The van der Waals surface area contributed by atoms with Crippen LogP contribution in [0.3, 0.4) is 0 Å². The SMILES string of the molecule is Cc1noc(C)c1[C@H]1CCCN1C(=O)Cc1ccc(Cl)cc1. The molecule has 22 heavy (non-hydrogen) atoms. The predicted molar refractivity (Wildman–Crippen MR) is 84.8 cm³/mol. The van der Waals surface area contributed by atoms with E-state index in [4.69, 9.17) is 16.1 Å². The van der Waals surface area contributed by atoms with Gasteiger partial charge in [0.25, 0.3) is 0 Å². The smallest absolute Gasteiger partial charge is 0.227 e. The highest BCUT2D eigenvalue weighted by molar-refractivity contribution is 6.30. The first-order chi connectivity index (χ1) is 10.6. The Hall–Kier alpha value is -1.81. The van der Waals surface area contributed by atoms with Crippen molar-refractivity contribution in [2.75, 3.05) is 6.54 Å². The lowest BCUT2D eigenvalue weighted by atomic mass is 10.0. The maximum Gasteiger partial charge on any atom is 0.227 e. The molecule has 1 aliphatic rings. The molecule has 116 valence electrons. The Morgan fingerprint density at radius 3 is 2.73 bits per heavy atom. The van der Waals surface area contributed by atoms with Crippen LogP contribution < -0.4 is 0 Å². The fourth-order valence-corrected chi connectivity index (χ4v) is 3.34. The first-order valence-corrected chi connectivity index (χ1v) is 7.90. The van der Waals surface area contributed by atoms with Crippen LogP contribution in [0.4, 0.5) is 0 Å². The van der Waals surface area contributed by atoms with Crippen LogP contribution in [0, 0.1) is 13.8 Å². The number of benzene rings is 1. The molecule has 2 aromatic rings. The van der Waals surface area contributed by atoms with Crippen molar-refractivity contribution < 1.29 is 9.32 Å². The van der Waals surface area contributed by atoms with Gasteiger partial charge in [-0.1, -0.05) is 28.9 Å². The molecule has 0 aliphatic carbocycles. The Bertz CT molecular complexity index is 659. The number of hydrogen-bond acceptors (Lipinski definition) is 3. The largest absolute Gasteiger partial charge is 0.361 e. The number of rotatable bonds is 3. The van der Waals surface area contributed by atoms with Gasteiger partial charge in [-0.3, -0.25) is 4.79 Å². The van der Waals surface area contributed by atoms with Crippen molar-refractivity contribution in [3.05, 3.63) is 51.9 Å². The molecular weight excluding hydrogens is 300 g/mol. The Balaban J connectivity index is 1.78. The molecule has 0 N–H and O–H groups in total. The third kappa shape index (κ3) is 2.88. The molecule has 1 fully saturated rings. The molecule has 1 atom stereocenters. The second kappa shape index (κ2) is 6.13. The number of amides is 1. The van der Waals surface area contributed by atoms with Crippen LogP contribution >= 0.6 is 11.6 Å². The molecule has 2 heterocycles. The van der Waals surface area contributed by atoms with E-state index in [0.29, 0.717) is 11.4 Å². The molecule has 0 saturated carbocycles. The molecular formula is C17H19ClN2O2. The van der Waals surface area contributed by atoms with E-state index in [-0.39, 0.29) is 11.9 Å². The Morgan fingerprint density at radius 2 is 2.09 bits per heavy atom. The summed E-state index contributed by atoms with van der Waals surface area (Å²) in [6.45, 7) is 4.64. The molecule has 0 radical (unpaired) electrons. The van der Waals surface area contributed by atoms with Gasteiger partial charge in [0.1, 0.15) is 5.76 Å². The minimum absolute atomic E-state index is 0.0889. The second-order valence-corrected chi connectivity index (χ2v) is 6.22. The molecule has 0 bridgehead atoms. The summed E-state index contributed by atoms with van der Waals surface area (Å²) in [5, 5.41) is 4.71. The van der Waals surface area contributed by atoms with E-state index in [0.717, 1.165) is 42.0 Å². The second-order valence-electron chi connectivity index (χ2n) is 5.79. The summed E-state index contributed by atoms with van der Waals surface area (Å²) in [6.07, 6.45) is 2.38. The average molecular weight is 319 g/mol. The van der Waals surface area contributed by atoms with E-state index in [9.17, 15) is 4.79 Å². The maximum atomic E-state index is 12.7. The van der Waals surface area contributed by atoms with Crippen molar-refractivity contribution in [3.63, 3.8) is 0 Å². The zero-order valence-electron chi connectivity index (χ0n) is 12.8. The van der Waals surface area contributed by atoms with Crippen molar-refractivity contribution in [1.29, 1.82) is 0 Å². The third-order valence-corrected chi connectivity index (χ3v) is 4.52. The zero-order chi connectivity index (χ0) is 15.7. The summed E-state index contributed by atoms with van der Waals surface area (Å²) in [6, 6.07) is 7.54. The fourth-order valence-electron chi connectivity index (χ4n) is 3.21. The van der Waals surface area contributed by atoms with Crippen molar-refractivity contribution >= 4 is 17.5 Å². The van der Waals surface area contributed by atoms with E-state index in [1.165, 1.54) is 0 Å². The van der Waals surface area contributed by atoms with E-state index in [2.05, 4.69) is 5.16 Å². The molecule has 0 unspecified atom stereocenters. The van der Waals surface area contributed by atoms with Gasteiger partial charge in [0.05, 0.1) is 18.2 Å². The first-order valence-electron chi connectivity index (χ1n) is 7.53. The summed E-state index contributed by atoms with van der Waals surface area (Å²) in [4.78, 5) is 14.6. The number of carbonyl (C=O) groups excluding carboxylic acids is 1. The molecule has 0 spiro atoms. The molecule has 1 amide bonds. The number of nitrogens with zero attached hydrogens (tertiary/aromatic N) is 2. The molecule has 1 aromatic carbocycles. The summed E-state index contributed by atoms with van der Waals surface area (Å²) in [7, 11) is 0. The first kappa shape index (κ1) is 15.1. The van der Waals surface area contributed by atoms with Crippen molar-refractivity contribution in [1.82, 2.24) is 10.1 Å². The van der Waals surface area contributed by atoms with E-state index >= 15 is 0 Å². The van der Waals surface area contributed by atoms with Gasteiger partial charge in [0, 0.05) is 17.1 Å². The molecule has 3 rings (SSSR count). The van der Waals surface area contributed by atoms with Gasteiger partial charge in [-0.05, 0) is 44.4 Å². The Morgan fingerprint density at radius 1 is 1.36 bits per heavy atom. The minimum atomic E-state index is 0.0889. The maximum absolute atomic E-state index is 12.7. The van der Waals surface area contributed by atoms with Gasteiger partial charge in [-0.15, -0.1) is 0 Å². The van der Waals surface area contributed by atoms with Crippen LogP contribution in [0.2, 0.25) is 5.02 Å². The van der Waals surface area contributed by atoms with Crippen LogP contribution in [0.1, 0.15) is 41.5 Å². The third-order valence-electron chi connectivity index (χ3n) is 4.26. The number of hydrogen-bond donors (Lipinski definition) is 0. The van der Waals surface area contributed by atoms with Crippen LogP contribution in [-0.4, -0.2) is 22.5 Å². The van der Waals surface area contributed by atoms with E-state index in [1.807, 2.05) is 43.0 Å². The number of aromatic nitrogens is 1. The summed E-state index contributed by atoms with van der Waals surface area (Å²) in [5.74, 6) is 0.957. The van der Waals surface area contributed by atoms with Crippen molar-refractivity contribution in [2.24, 2.45) is 0 Å². The van der Waals surface area contributed by atoms with Crippen LogP contribution in [0.5, 0.6) is 0 Å². The summed E-state index contributed by atoms with van der Waals surface area (Å²) in [5.41, 5.74) is 2.94. The number of likely N-dealkylation sites (tertiary alicyclic amines) is 1. The lowest BCUT2D eigenvalue weighted by molar-refractivity contribution is -0.131. The van der Waals surface area contributed by atoms with Gasteiger partial charge in [-0.2, -0.15) is 0 Å². The van der Waals surface area contributed by atoms with Crippen molar-refractivity contribution in [2.45, 2.75) is 39.2 Å². The Kier molecular flexibility index (Phi) is 4.21. The van der Waals surface area contributed by atoms with E-state index < -0.39 is 0 Å². The standard InChI is InChI=1S/C17H19ClN2O2/c1-11-17(12(2)22-19-11)15-4-3-9-20(15)16(21)10-13-5-7-14(18)8-6-13/h5-8,15H,3-4,9-10H2,1-2H3/t15-/m1/s1. The number of carbonyl (C=O) groups is 1.